The van der Waals surface area contributed by atoms with E-state index in [1.54, 1.807) is 6.07 Å². The Hall–Kier alpha value is -0.890. The number of halogens is 1. The van der Waals surface area contributed by atoms with Gasteiger partial charge in [0.15, 0.2) is 0 Å². The van der Waals surface area contributed by atoms with Gasteiger partial charge in [-0.05, 0) is 74.4 Å². The van der Waals surface area contributed by atoms with Gasteiger partial charge < -0.3 is 5.32 Å². The molecule has 0 aromatic heterocycles. The van der Waals surface area contributed by atoms with Crippen LogP contribution in [0.5, 0.6) is 0 Å². The van der Waals surface area contributed by atoms with Crippen LogP contribution in [0.2, 0.25) is 0 Å². The Morgan fingerprint density at radius 3 is 2.76 bits per heavy atom. The van der Waals surface area contributed by atoms with E-state index in [1.807, 2.05) is 13.8 Å². The number of benzene rings is 1. The topological polar surface area (TPSA) is 12.0 Å². The largest absolute Gasteiger partial charge is 0.316 e. The average molecular weight is 235 g/mol. The van der Waals surface area contributed by atoms with Gasteiger partial charge in [-0.3, -0.25) is 0 Å². The third kappa shape index (κ3) is 2.86. The van der Waals surface area contributed by atoms with E-state index in [0.29, 0.717) is 11.8 Å². The van der Waals surface area contributed by atoms with Gasteiger partial charge in [-0.15, -0.1) is 0 Å². The van der Waals surface area contributed by atoms with Gasteiger partial charge in [0.1, 0.15) is 5.82 Å². The Kier molecular flexibility index (Phi) is 3.82. The Balaban J connectivity index is 2.17. The van der Waals surface area contributed by atoms with Gasteiger partial charge in [-0.2, -0.15) is 0 Å². The van der Waals surface area contributed by atoms with Gasteiger partial charge in [0.05, 0.1) is 0 Å². The van der Waals surface area contributed by atoms with Crippen LogP contribution in [-0.2, 0) is 6.42 Å². The molecule has 1 aromatic carbocycles. The predicted molar refractivity (Wildman–Crippen MR) is 69.7 cm³/mol. The molecule has 1 aromatic rings. The van der Waals surface area contributed by atoms with Gasteiger partial charge in [0.25, 0.3) is 0 Å². The van der Waals surface area contributed by atoms with Gasteiger partial charge in [0.2, 0.25) is 0 Å². The van der Waals surface area contributed by atoms with Crippen molar-refractivity contribution in [2.24, 2.45) is 11.8 Å². The van der Waals surface area contributed by atoms with E-state index in [2.05, 4.69) is 18.3 Å². The highest BCUT2D eigenvalue weighted by molar-refractivity contribution is 5.32. The minimum absolute atomic E-state index is 0.0275. The molecule has 2 atom stereocenters. The Labute approximate surface area is 103 Å². The van der Waals surface area contributed by atoms with E-state index in [0.717, 1.165) is 36.2 Å². The fourth-order valence-electron chi connectivity index (χ4n) is 2.79. The summed E-state index contributed by atoms with van der Waals surface area (Å²) in [6.07, 6.45) is 2.07. The number of piperidine rings is 1. The first-order valence-electron chi connectivity index (χ1n) is 6.54. The highest BCUT2D eigenvalue weighted by atomic mass is 19.1. The smallest absolute Gasteiger partial charge is 0.126 e. The first-order chi connectivity index (χ1) is 8.08. The first-order valence-corrected chi connectivity index (χ1v) is 6.54. The summed E-state index contributed by atoms with van der Waals surface area (Å²) in [4.78, 5) is 0. The maximum absolute atomic E-state index is 14.0. The average Bonchev–Trinajstić information content (AvgIpc) is 2.25. The first kappa shape index (κ1) is 12.6. The molecule has 1 nitrogen and oxygen atoms in total. The third-order valence-electron chi connectivity index (χ3n) is 4.02. The van der Waals surface area contributed by atoms with E-state index < -0.39 is 0 Å². The van der Waals surface area contributed by atoms with Crippen molar-refractivity contribution in [3.05, 3.63) is 34.6 Å². The van der Waals surface area contributed by atoms with Crippen LogP contribution in [0.3, 0.4) is 0 Å². The van der Waals surface area contributed by atoms with Crippen molar-refractivity contribution in [2.45, 2.75) is 33.6 Å². The summed E-state index contributed by atoms with van der Waals surface area (Å²) in [6.45, 7) is 8.38. The second-order valence-corrected chi connectivity index (χ2v) is 5.48. The summed E-state index contributed by atoms with van der Waals surface area (Å²) in [5.74, 6) is 1.23. The van der Waals surface area contributed by atoms with Crippen LogP contribution in [0.15, 0.2) is 12.1 Å². The molecule has 0 saturated carbocycles. The molecule has 0 radical (unpaired) electrons. The van der Waals surface area contributed by atoms with Crippen molar-refractivity contribution < 1.29 is 4.39 Å². The molecule has 1 aliphatic rings. The lowest BCUT2D eigenvalue weighted by Gasteiger charge is -2.30. The highest BCUT2D eigenvalue weighted by Crippen LogP contribution is 2.26. The second-order valence-electron chi connectivity index (χ2n) is 5.48. The molecule has 94 valence electrons. The van der Waals surface area contributed by atoms with Crippen molar-refractivity contribution in [1.29, 1.82) is 0 Å². The molecular formula is C15H22FN. The van der Waals surface area contributed by atoms with Crippen LogP contribution in [-0.4, -0.2) is 13.1 Å². The molecule has 0 aliphatic carbocycles. The van der Waals surface area contributed by atoms with Crippen LogP contribution < -0.4 is 5.32 Å². The van der Waals surface area contributed by atoms with Crippen molar-refractivity contribution in [3.8, 4) is 0 Å². The van der Waals surface area contributed by atoms with Crippen molar-refractivity contribution in [1.82, 2.24) is 5.32 Å². The van der Waals surface area contributed by atoms with Crippen molar-refractivity contribution >= 4 is 0 Å². The fourth-order valence-corrected chi connectivity index (χ4v) is 2.79. The summed E-state index contributed by atoms with van der Waals surface area (Å²) in [7, 11) is 0. The van der Waals surface area contributed by atoms with E-state index >= 15 is 0 Å². The molecule has 0 amide bonds. The number of aryl methyl sites for hydroxylation is 2. The van der Waals surface area contributed by atoms with Crippen LogP contribution >= 0.6 is 0 Å². The normalized spacial score (nSPS) is 24.9. The quantitative estimate of drug-likeness (QED) is 0.830. The molecule has 2 unspecified atom stereocenters. The van der Waals surface area contributed by atoms with Gasteiger partial charge in [0, 0.05) is 0 Å². The molecular weight excluding hydrogens is 213 g/mol. The number of nitrogens with one attached hydrogen (secondary N) is 1. The van der Waals surface area contributed by atoms with Crippen molar-refractivity contribution in [3.63, 3.8) is 0 Å². The standard InChI is InChI=1S/C15H22FN/c1-10-6-12(3)14(15(16)7-10)8-13-9-17-5-4-11(13)2/h6-7,11,13,17H,4-5,8-9H2,1-3H3. The van der Waals surface area contributed by atoms with Crippen molar-refractivity contribution in [2.75, 3.05) is 13.1 Å². The predicted octanol–water partition coefficient (Wildman–Crippen LogP) is 3.23. The lowest BCUT2D eigenvalue weighted by molar-refractivity contribution is 0.270. The molecule has 2 heteroatoms. The minimum atomic E-state index is -0.0275. The Morgan fingerprint density at radius 1 is 1.35 bits per heavy atom. The Bertz CT molecular complexity index is 377. The van der Waals surface area contributed by atoms with E-state index in [4.69, 9.17) is 0 Å². The molecule has 1 N–H and O–H groups in total. The number of hydrogen-bond donors (Lipinski definition) is 1. The molecule has 1 aliphatic heterocycles. The highest BCUT2D eigenvalue weighted by Gasteiger charge is 2.23. The lowest BCUT2D eigenvalue weighted by atomic mass is 9.82. The summed E-state index contributed by atoms with van der Waals surface area (Å²) < 4.78 is 14.0. The van der Waals surface area contributed by atoms with Crippen LogP contribution in [0, 0.1) is 31.5 Å². The molecule has 1 fully saturated rings. The van der Waals surface area contributed by atoms with Gasteiger partial charge >= 0.3 is 0 Å². The van der Waals surface area contributed by atoms with Crippen LogP contribution in [0.1, 0.15) is 30.0 Å². The molecule has 1 saturated heterocycles. The molecule has 0 bridgehead atoms. The summed E-state index contributed by atoms with van der Waals surface area (Å²) in [5, 5.41) is 3.41. The SMILES string of the molecule is Cc1cc(C)c(CC2CNCCC2C)c(F)c1. The lowest BCUT2D eigenvalue weighted by Crippen LogP contribution is -2.36. The maximum atomic E-state index is 14.0. The van der Waals surface area contributed by atoms with E-state index in [1.165, 1.54) is 6.42 Å². The monoisotopic (exact) mass is 235 g/mol. The molecule has 17 heavy (non-hydrogen) atoms. The maximum Gasteiger partial charge on any atom is 0.126 e. The number of rotatable bonds is 2. The summed E-state index contributed by atoms with van der Waals surface area (Å²) in [6, 6.07) is 3.74. The Morgan fingerprint density at radius 2 is 2.12 bits per heavy atom. The molecule has 0 spiro atoms. The van der Waals surface area contributed by atoms with E-state index in [9.17, 15) is 4.39 Å². The van der Waals surface area contributed by atoms with E-state index in [-0.39, 0.29) is 5.82 Å². The zero-order valence-electron chi connectivity index (χ0n) is 11.0. The summed E-state index contributed by atoms with van der Waals surface area (Å²) in [5.41, 5.74) is 3.02. The van der Waals surface area contributed by atoms with Crippen LogP contribution in [0.4, 0.5) is 4.39 Å². The zero-order valence-corrected chi connectivity index (χ0v) is 11.0. The molecule has 2 rings (SSSR count). The number of hydrogen-bond acceptors (Lipinski definition) is 1. The summed E-state index contributed by atoms with van der Waals surface area (Å²) >= 11 is 0. The fraction of sp³-hybridized carbons (Fsp3) is 0.600. The van der Waals surface area contributed by atoms with Crippen LogP contribution in [0.25, 0.3) is 0 Å². The minimum Gasteiger partial charge on any atom is -0.316 e. The zero-order chi connectivity index (χ0) is 12.4. The van der Waals surface area contributed by atoms with Gasteiger partial charge in [-0.25, -0.2) is 4.39 Å². The van der Waals surface area contributed by atoms with Gasteiger partial charge in [-0.1, -0.05) is 13.0 Å². The third-order valence-corrected chi connectivity index (χ3v) is 4.02. The second kappa shape index (κ2) is 5.18. The molecule has 1 heterocycles.